The van der Waals surface area contributed by atoms with Crippen molar-refractivity contribution in [3.8, 4) is 0 Å². The van der Waals surface area contributed by atoms with Gasteiger partial charge >= 0.3 is 0 Å². The molecule has 1 saturated carbocycles. The second-order valence-corrected chi connectivity index (χ2v) is 4.67. The highest BCUT2D eigenvalue weighted by molar-refractivity contribution is 5.86. The fraction of sp³-hybridized carbons (Fsp3) is 0.818. The van der Waals surface area contributed by atoms with Crippen molar-refractivity contribution in [1.29, 1.82) is 0 Å². The summed E-state index contributed by atoms with van der Waals surface area (Å²) in [7, 11) is 0. The standard InChI is InChI=1S/C11H21N3O2/c1-7(2)10(11(12)16)14-9(15)5-6-13-8-3-4-8/h7-8,10,13H,3-6H2,1-2H3,(H2,12,16)(H,14,15). The molecule has 1 fully saturated rings. The molecule has 1 unspecified atom stereocenters. The second kappa shape index (κ2) is 5.84. The number of carbonyl (C=O) groups is 2. The van der Waals surface area contributed by atoms with Crippen molar-refractivity contribution in [3.05, 3.63) is 0 Å². The highest BCUT2D eigenvalue weighted by atomic mass is 16.2. The Morgan fingerprint density at radius 1 is 1.38 bits per heavy atom. The average Bonchev–Trinajstić information content (AvgIpc) is 2.97. The van der Waals surface area contributed by atoms with Crippen LogP contribution in [0.25, 0.3) is 0 Å². The van der Waals surface area contributed by atoms with Gasteiger partial charge in [0.05, 0.1) is 0 Å². The highest BCUT2D eigenvalue weighted by Crippen LogP contribution is 2.18. The Hall–Kier alpha value is -1.10. The predicted octanol–water partition coefficient (Wildman–Crippen LogP) is -0.245. The molecule has 0 spiro atoms. The zero-order valence-corrected chi connectivity index (χ0v) is 9.95. The van der Waals surface area contributed by atoms with Crippen LogP contribution in [0.1, 0.15) is 33.1 Å². The molecule has 5 heteroatoms. The van der Waals surface area contributed by atoms with Crippen LogP contribution in [0.3, 0.4) is 0 Å². The van der Waals surface area contributed by atoms with Gasteiger partial charge in [-0.05, 0) is 18.8 Å². The normalized spacial score (nSPS) is 17.2. The lowest BCUT2D eigenvalue weighted by atomic mass is 10.0. The summed E-state index contributed by atoms with van der Waals surface area (Å²) in [6.07, 6.45) is 2.81. The fourth-order valence-electron chi connectivity index (χ4n) is 1.49. The SMILES string of the molecule is CC(C)C(NC(=O)CCNC1CC1)C(N)=O. The first-order chi connectivity index (χ1) is 7.50. The minimum Gasteiger partial charge on any atom is -0.368 e. The third-order valence-electron chi connectivity index (χ3n) is 2.65. The summed E-state index contributed by atoms with van der Waals surface area (Å²) >= 11 is 0. The molecule has 92 valence electrons. The van der Waals surface area contributed by atoms with Crippen molar-refractivity contribution in [1.82, 2.24) is 10.6 Å². The van der Waals surface area contributed by atoms with Crippen LogP contribution >= 0.6 is 0 Å². The largest absolute Gasteiger partial charge is 0.368 e. The maximum atomic E-state index is 11.5. The van der Waals surface area contributed by atoms with E-state index >= 15 is 0 Å². The first-order valence-electron chi connectivity index (χ1n) is 5.82. The number of hydrogen-bond donors (Lipinski definition) is 3. The molecule has 1 atom stereocenters. The number of nitrogens with two attached hydrogens (primary N) is 1. The van der Waals surface area contributed by atoms with Crippen LogP contribution in [0.15, 0.2) is 0 Å². The van der Waals surface area contributed by atoms with Crippen molar-refractivity contribution in [2.75, 3.05) is 6.54 Å². The Bertz CT molecular complexity index is 262. The van der Waals surface area contributed by atoms with Crippen LogP contribution in [0.4, 0.5) is 0 Å². The molecule has 4 N–H and O–H groups in total. The molecule has 0 bridgehead atoms. The Kier molecular flexibility index (Phi) is 4.73. The molecule has 5 nitrogen and oxygen atoms in total. The van der Waals surface area contributed by atoms with Crippen molar-refractivity contribution >= 4 is 11.8 Å². The Balaban J connectivity index is 2.21. The molecule has 0 aromatic rings. The first-order valence-corrected chi connectivity index (χ1v) is 5.82. The van der Waals surface area contributed by atoms with Crippen LogP contribution in [0.2, 0.25) is 0 Å². The second-order valence-electron chi connectivity index (χ2n) is 4.67. The van der Waals surface area contributed by atoms with Crippen LogP contribution in [-0.4, -0.2) is 30.4 Å². The van der Waals surface area contributed by atoms with E-state index in [0.717, 1.165) is 0 Å². The minimum absolute atomic E-state index is 0.0258. The molecule has 0 aromatic carbocycles. The molecule has 0 radical (unpaired) electrons. The van der Waals surface area contributed by atoms with E-state index in [1.165, 1.54) is 12.8 Å². The van der Waals surface area contributed by atoms with Gasteiger partial charge < -0.3 is 16.4 Å². The number of rotatable bonds is 7. The van der Waals surface area contributed by atoms with Crippen molar-refractivity contribution in [3.63, 3.8) is 0 Å². The summed E-state index contributed by atoms with van der Waals surface area (Å²) in [5, 5.41) is 5.90. The molecule has 1 aliphatic carbocycles. The summed E-state index contributed by atoms with van der Waals surface area (Å²) in [6.45, 7) is 4.39. The zero-order valence-electron chi connectivity index (χ0n) is 9.95. The van der Waals surface area contributed by atoms with Crippen LogP contribution in [-0.2, 0) is 9.59 Å². The van der Waals surface area contributed by atoms with Crippen LogP contribution in [0.5, 0.6) is 0 Å². The van der Waals surface area contributed by atoms with Gasteiger partial charge in [0.2, 0.25) is 11.8 Å². The maximum absolute atomic E-state index is 11.5. The highest BCUT2D eigenvalue weighted by Gasteiger charge is 2.22. The zero-order chi connectivity index (χ0) is 12.1. The van der Waals surface area contributed by atoms with Gasteiger partial charge in [0.25, 0.3) is 0 Å². The third kappa shape index (κ3) is 4.61. The maximum Gasteiger partial charge on any atom is 0.240 e. The number of carbonyl (C=O) groups excluding carboxylic acids is 2. The lowest BCUT2D eigenvalue weighted by Gasteiger charge is -2.18. The van der Waals surface area contributed by atoms with Gasteiger partial charge in [-0.2, -0.15) is 0 Å². The van der Waals surface area contributed by atoms with Crippen LogP contribution < -0.4 is 16.4 Å². The molecule has 0 aromatic heterocycles. The van der Waals surface area contributed by atoms with Gasteiger partial charge in [-0.25, -0.2) is 0 Å². The number of hydrogen-bond acceptors (Lipinski definition) is 3. The fourth-order valence-corrected chi connectivity index (χ4v) is 1.49. The quantitative estimate of drug-likeness (QED) is 0.561. The predicted molar refractivity (Wildman–Crippen MR) is 61.6 cm³/mol. The van der Waals surface area contributed by atoms with E-state index in [4.69, 9.17) is 5.73 Å². The lowest BCUT2D eigenvalue weighted by molar-refractivity contribution is -0.128. The Morgan fingerprint density at radius 2 is 2.00 bits per heavy atom. The monoisotopic (exact) mass is 227 g/mol. The van der Waals surface area contributed by atoms with E-state index in [2.05, 4.69) is 10.6 Å². The Morgan fingerprint density at radius 3 is 2.44 bits per heavy atom. The van der Waals surface area contributed by atoms with Crippen molar-refractivity contribution in [2.24, 2.45) is 11.7 Å². The summed E-state index contributed by atoms with van der Waals surface area (Å²) in [5.74, 6) is -0.568. The van der Waals surface area contributed by atoms with Gasteiger partial charge in [0.15, 0.2) is 0 Å². The van der Waals surface area contributed by atoms with Gasteiger partial charge in [0, 0.05) is 19.0 Å². The molecular weight excluding hydrogens is 206 g/mol. The number of primary amides is 1. The van der Waals surface area contributed by atoms with E-state index in [9.17, 15) is 9.59 Å². The van der Waals surface area contributed by atoms with Gasteiger partial charge in [-0.15, -0.1) is 0 Å². The third-order valence-corrected chi connectivity index (χ3v) is 2.65. The number of amides is 2. The van der Waals surface area contributed by atoms with E-state index in [-0.39, 0.29) is 11.8 Å². The topological polar surface area (TPSA) is 84.2 Å². The molecule has 2 amide bonds. The van der Waals surface area contributed by atoms with Crippen LogP contribution in [0, 0.1) is 5.92 Å². The first kappa shape index (κ1) is 13.0. The van der Waals surface area contributed by atoms with Gasteiger partial charge in [0.1, 0.15) is 6.04 Å². The summed E-state index contributed by atoms with van der Waals surface area (Å²) in [4.78, 5) is 22.6. The summed E-state index contributed by atoms with van der Waals surface area (Å²) in [6, 6.07) is 0.0401. The smallest absolute Gasteiger partial charge is 0.240 e. The van der Waals surface area contributed by atoms with E-state index in [0.29, 0.717) is 19.0 Å². The summed E-state index contributed by atoms with van der Waals surface area (Å²) < 4.78 is 0. The minimum atomic E-state index is -0.562. The molecule has 0 aliphatic heterocycles. The van der Waals surface area contributed by atoms with Gasteiger partial charge in [-0.1, -0.05) is 13.8 Å². The molecule has 1 rings (SSSR count). The average molecular weight is 227 g/mol. The van der Waals surface area contributed by atoms with E-state index in [1.807, 2.05) is 13.8 Å². The Labute approximate surface area is 96.1 Å². The molecular formula is C11H21N3O2. The molecule has 0 heterocycles. The van der Waals surface area contributed by atoms with Crippen molar-refractivity contribution in [2.45, 2.75) is 45.2 Å². The van der Waals surface area contributed by atoms with E-state index < -0.39 is 11.9 Å². The summed E-state index contributed by atoms with van der Waals surface area (Å²) in [5.41, 5.74) is 5.20. The molecule has 1 aliphatic rings. The van der Waals surface area contributed by atoms with Gasteiger partial charge in [-0.3, -0.25) is 9.59 Å². The molecule has 0 saturated heterocycles. The van der Waals surface area contributed by atoms with Crippen molar-refractivity contribution < 1.29 is 9.59 Å². The number of nitrogens with one attached hydrogen (secondary N) is 2. The van der Waals surface area contributed by atoms with E-state index in [1.54, 1.807) is 0 Å². The molecule has 16 heavy (non-hydrogen) atoms. The lowest BCUT2D eigenvalue weighted by Crippen LogP contribution is -2.48.